The fourth-order valence-corrected chi connectivity index (χ4v) is 1.43. The average Bonchev–Trinajstić information content (AvgIpc) is 2.23. The Morgan fingerprint density at radius 2 is 1.94 bits per heavy atom. The van der Waals surface area contributed by atoms with Crippen LogP contribution in [-0.4, -0.2) is 36.1 Å². The van der Waals surface area contributed by atoms with E-state index in [9.17, 15) is 9.59 Å². The first-order valence-corrected chi connectivity index (χ1v) is 6.20. The lowest BCUT2D eigenvalue weighted by molar-refractivity contribution is -0.140. The molecule has 0 aromatic heterocycles. The largest absolute Gasteiger partial charge is 0.480 e. The molecule has 5 nitrogen and oxygen atoms in total. The van der Waals surface area contributed by atoms with Gasteiger partial charge in [0.05, 0.1) is 6.54 Å². The molecule has 0 spiro atoms. The van der Waals surface area contributed by atoms with Gasteiger partial charge in [0.25, 0.3) is 0 Å². The molecule has 0 aromatic rings. The Labute approximate surface area is 103 Å². The van der Waals surface area contributed by atoms with Crippen molar-refractivity contribution in [3.63, 3.8) is 0 Å². The van der Waals surface area contributed by atoms with Crippen molar-refractivity contribution in [2.24, 2.45) is 5.92 Å². The summed E-state index contributed by atoms with van der Waals surface area (Å²) in [6.07, 6.45) is 2.50. The van der Waals surface area contributed by atoms with Gasteiger partial charge >= 0.3 is 5.97 Å². The zero-order valence-corrected chi connectivity index (χ0v) is 11.0. The number of aliphatic carboxylic acids is 1. The molecule has 1 unspecified atom stereocenters. The van der Waals surface area contributed by atoms with Gasteiger partial charge in [-0.05, 0) is 18.8 Å². The van der Waals surface area contributed by atoms with Gasteiger partial charge in [-0.2, -0.15) is 0 Å². The molecule has 0 saturated heterocycles. The second-order valence-electron chi connectivity index (χ2n) is 4.60. The van der Waals surface area contributed by atoms with Gasteiger partial charge < -0.3 is 10.4 Å². The highest BCUT2D eigenvalue weighted by atomic mass is 16.4. The van der Waals surface area contributed by atoms with Crippen LogP contribution >= 0.6 is 0 Å². The highest BCUT2D eigenvalue weighted by Gasteiger charge is 2.18. The molecular formula is C12H24N2O3. The SMILES string of the molecule is CCCCNC(=O)CNC(CC(C)C)C(=O)O. The first-order chi connectivity index (χ1) is 7.97. The minimum absolute atomic E-state index is 0.0629. The minimum Gasteiger partial charge on any atom is -0.480 e. The molecule has 0 saturated carbocycles. The van der Waals surface area contributed by atoms with E-state index in [1.807, 2.05) is 20.8 Å². The van der Waals surface area contributed by atoms with E-state index in [4.69, 9.17) is 5.11 Å². The molecule has 3 N–H and O–H groups in total. The van der Waals surface area contributed by atoms with Gasteiger partial charge in [0, 0.05) is 6.54 Å². The van der Waals surface area contributed by atoms with Crippen molar-refractivity contribution < 1.29 is 14.7 Å². The van der Waals surface area contributed by atoms with Crippen LogP contribution < -0.4 is 10.6 Å². The summed E-state index contributed by atoms with van der Waals surface area (Å²) >= 11 is 0. The van der Waals surface area contributed by atoms with Crippen LogP contribution in [0.25, 0.3) is 0 Å². The second kappa shape index (κ2) is 8.98. The molecule has 0 aliphatic rings. The summed E-state index contributed by atoms with van der Waals surface area (Å²) < 4.78 is 0. The number of unbranched alkanes of at least 4 members (excludes halogenated alkanes) is 1. The van der Waals surface area contributed by atoms with Gasteiger partial charge in [-0.1, -0.05) is 27.2 Å². The number of carboxylic acids is 1. The Morgan fingerprint density at radius 3 is 2.41 bits per heavy atom. The molecule has 0 bridgehead atoms. The van der Waals surface area contributed by atoms with E-state index in [2.05, 4.69) is 10.6 Å². The molecule has 0 rings (SSSR count). The summed E-state index contributed by atoms with van der Waals surface area (Å²) in [5.74, 6) is -0.764. The van der Waals surface area contributed by atoms with Crippen LogP contribution in [0.5, 0.6) is 0 Å². The molecule has 0 aliphatic heterocycles. The molecule has 17 heavy (non-hydrogen) atoms. The Balaban J connectivity index is 3.87. The summed E-state index contributed by atoms with van der Waals surface area (Å²) in [5.41, 5.74) is 0. The average molecular weight is 244 g/mol. The van der Waals surface area contributed by atoms with E-state index < -0.39 is 12.0 Å². The van der Waals surface area contributed by atoms with Gasteiger partial charge in [0.1, 0.15) is 6.04 Å². The summed E-state index contributed by atoms with van der Waals surface area (Å²) in [4.78, 5) is 22.3. The molecule has 0 aromatic carbocycles. The van der Waals surface area contributed by atoms with E-state index in [0.717, 1.165) is 12.8 Å². The Morgan fingerprint density at radius 1 is 1.29 bits per heavy atom. The van der Waals surface area contributed by atoms with Crippen LogP contribution in [0.2, 0.25) is 0 Å². The highest BCUT2D eigenvalue weighted by Crippen LogP contribution is 2.04. The lowest BCUT2D eigenvalue weighted by atomic mass is 10.0. The Kier molecular flexibility index (Phi) is 8.40. The predicted molar refractivity (Wildman–Crippen MR) is 66.8 cm³/mol. The number of amides is 1. The molecule has 0 heterocycles. The molecule has 0 radical (unpaired) electrons. The summed E-state index contributed by atoms with van der Waals surface area (Å²) in [7, 11) is 0. The molecule has 1 amide bonds. The first-order valence-electron chi connectivity index (χ1n) is 6.20. The molecular weight excluding hydrogens is 220 g/mol. The minimum atomic E-state index is -0.903. The van der Waals surface area contributed by atoms with Crippen molar-refractivity contribution in [3.05, 3.63) is 0 Å². The standard InChI is InChI=1S/C12H24N2O3/c1-4-5-6-13-11(15)8-14-10(12(16)17)7-9(2)3/h9-10,14H,4-8H2,1-3H3,(H,13,15)(H,16,17). The number of hydrogen-bond acceptors (Lipinski definition) is 3. The van der Waals surface area contributed by atoms with Crippen molar-refractivity contribution in [2.75, 3.05) is 13.1 Å². The first kappa shape index (κ1) is 15.9. The third-order valence-electron chi connectivity index (χ3n) is 2.37. The fourth-order valence-electron chi connectivity index (χ4n) is 1.43. The maximum atomic E-state index is 11.4. The maximum absolute atomic E-state index is 11.4. The topological polar surface area (TPSA) is 78.4 Å². The smallest absolute Gasteiger partial charge is 0.320 e. The zero-order chi connectivity index (χ0) is 13.3. The number of carbonyl (C=O) groups is 2. The molecule has 1 atom stereocenters. The van der Waals surface area contributed by atoms with Gasteiger partial charge in [-0.15, -0.1) is 0 Å². The third kappa shape index (κ3) is 8.68. The Bertz CT molecular complexity index is 242. The molecule has 0 aliphatic carbocycles. The van der Waals surface area contributed by atoms with Crippen LogP contribution in [-0.2, 0) is 9.59 Å². The van der Waals surface area contributed by atoms with E-state index in [-0.39, 0.29) is 18.4 Å². The van der Waals surface area contributed by atoms with Crippen LogP contribution in [0.15, 0.2) is 0 Å². The molecule has 5 heteroatoms. The van der Waals surface area contributed by atoms with Gasteiger partial charge in [0.15, 0.2) is 0 Å². The highest BCUT2D eigenvalue weighted by molar-refractivity contribution is 5.79. The summed E-state index contributed by atoms with van der Waals surface area (Å²) in [6.45, 7) is 6.68. The number of rotatable bonds is 9. The monoisotopic (exact) mass is 244 g/mol. The summed E-state index contributed by atoms with van der Waals surface area (Å²) in [6, 6.07) is -0.646. The third-order valence-corrected chi connectivity index (χ3v) is 2.37. The van der Waals surface area contributed by atoms with E-state index in [1.165, 1.54) is 0 Å². The van der Waals surface area contributed by atoms with Gasteiger partial charge in [-0.3, -0.25) is 14.9 Å². The van der Waals surface area contributed by atoms with Crippen molar-refractivity contribution in [1.82, 2.24) is 10.6 Å². The van der Waals surface area contributed by atoms with Crippen LogP contribution in [0.1, 0.15) is 40.0 Å². The lowest BCUT2D eigenvalue weighted by Crippen LogP contribution is -2.43. The van der Waals surface area contributed by atoms with E-state index >= 15 is 0 Å². The quantitative estimate of drug-likeness (QED) is 0.529. The van der Waals surface area contributed by atoms with Crippen molar-refractivity contribution >= 4 is 11.9 Å². The van der Waals surface area contributed by atoms with Crippen LogP contribution in [0, 0.1) is 5.92 Å². The fraction of sp³-hybridized carbons (Fsp3) is 0.833. The maximum Gasteiger partial charge on any atom is 0.320 e. The van der Waals surface area contributed by atoms with Gasteiger partial charge in [-0.25, -0.2) is 0 Å². The van der Waals surface area contributed by atoms with Crippen molar-refractivity contribution in [3.8, 4) is 0 Å². The second-order valence-corrected chi connectivity index (χ2v) is 4.60. The van der Waals surface area contributed by atoms with Crippen molar-refractivity contribution in [2.45, 2.75) is 46.1 Å². The van der Waals surface area contributed by atoms with Crippen LogP contribution in [0.3, 0.4) is 0 Å². The van der Waals surface area contributed by atoms with E-state index in [0.29, 0.717) is 13.0 Å². The number of nitrogens with one attached hydrogen (secondary N) is 2. The van der Waals surface area contributed by atoms with Crippen LogP contribution in [0.4, 0.5) is 0 Å². The normalized spacial score (nSPS) is 12.5. The zero-order valence-electron chi connectivity index (χ0n) is 11.0. The number of carboxylic acid groups (broad SMARTS) is 1. The lowest BCUT2D eigenvalue weighted by Gasteiger charge is -2.16. The molecule has 100 valence electrons. The molecule has 0 fully saturated rings. The Hall–Kier alpha value is -1.10. The van der Waals surface area contributed by atoms with Gasteiger partial charge in [0.2, 0.25) is 5.91 Å². The summed E-state index contributed by atoms with van der Waals surface area (Å²) in [5, 5.41) is 14.5. The number of carbonyl (C=O) groups excluding carboxylic acids is 1. The van der Waals surface area contributed by atoms with Crippen molar-refractivity contribution in [1.29, 1.82) is 0 Å². The van der Waals surface area contributed by atoms with E-state index in [1.54, 1.807) is 0 Å². The number of hydrogen-bond donors (Lipinski definition) is 3. The predicted octanol–water partition coefficient (Wildman–Crippen LogP) is 0.992.